The predicted octanol–water partition coefficient (Wildman–Crippen LogP) is 5.18. The molecule has 0 saturated heterocycles. The molecule has 4 amide bonds. The Balaban J connectivity index is 2.80. The molecule has 252 valence electrons. The number of amides is 4. The van der Waals surface area contributed by atoms with Crippen LogP contribution in [0.3, 0.4) is 0 Å². The van der Waals surface area contributed by atoms with Crippen molar-refractivity contribution in [1.29, 1.82) is 0 Å². The number of carbonyl (C=O) groups is 6. The summed E-state index contributed by atoms with van der Waals surface area (Å²) >= 11 is 3.15. The number of anilines is 1. The molecular weight excluding hydrogens is 644 g/mol. The Kier molecular flexibility index (Phi) is 18.3. The fraction of sp³-hybridized carbons (Fsp3) is 0.636. The van der Waals surface area contributed by atoms with Crippen molar-refractivity contribution in [3.05, 3.63) is 29.8 Å². The molecular formula is C33H51BrN4O7. The van der Waals surface area contributed by atoms with E-state index in [0.29, 0.717) is 36.7 Å². The topological polar surface area (TPSA) is 174 Å². The number of rotatable bonds is 21. The van der Waals surface area contributed by atoms with E-state index in [1.54, 1.807) is 45.0 Å². The zero-order valence-electron chi connectivity index (χ0n) is 27.3. The number of primary amides is 1. The highest BCUT2D eigenvalue weighted by Crippen LogP contribution is 2.21. The molecule has 0 aliphatic heterocycles. The first-order valence-electron chi connectivity index (χ1n) is 15.6. The molecule has 0 aliphatic rings. The van der Waals surface area contributed by atoms with Crippen molar-refractivity contribution in [2.24, 2.45) is 23.0 Å². The lowest BCUT2D eigenvalue weighted by Crippen LogP contribution is -2.45. The van der Waals surface area contributed by atoms with Crippen LogP contribution in [0.2, 0.25) is 0 Å². The van der Waals surface area contributed by atoms with Gasteiger partial charge in [-0.3, -0.25) is 24.0 Å². The molecule has 0 fully saturated rings. The lowest BCUT2D eigenvalue weighted by Gasteiger charge is -2.24. The molecule has 1 rings (SSSR count). The molecule has 2 atom stereocenters. The SMILES string of the molecule is CC(C)[C@H](NC(=O)CCCCCCC(=O)CBr)C(=O)C[C@@H](CCCNC(N)=O)C(=O)Nc1ccc(COC(=O)C(C)(C)C)cc1. The van der Waals surface area contributed by atoms with Crippen LogP contribution in [-0.2, 0) is 35.3 Å². The first-order chi connectivity index (χ1) is 21.1. The van der Waals surface area contributed by atoms with E-state index in [9.17, 15) is 28.8 Å². The van der Waals surface area contributed by atoms with E-state index >= 15 is 0 Å². The zero-order valence-corrected chi connectivity index (χ0v) is 28.9. The maximum atomic E-state index is 13.4. The van der Waals surface area contributed by atoms with Crippen LogP contribution < -0.4 is 21.7 Å². The van der Waals surface area contributed by atoms with Gasteiger partial charge in [0.15, 0.2) is 5.78 Å². The van der Waals surface area contributed by atoms with Crippen LogP contribution in [0.1, 0.15) is 98.0 Å². The van der Waals surface area contributed by atoms with E-state index < -0.39 is 23.4 Å². The molecule has 5 N–H and O–H groups in total. The minimum absolute atomic E-state index is 0.0893. The zero-order chi connectivity index (χ0) is 34.0. The maximum Gasteiger partial charge on any atom is 0.312 e. The van der Waals surface area contributed by atoms with Crippen molar-refractivity contribution in [2.45, 2.75) is 105 Å². The van der Waals surface area contributed by atoms with Gasteiger partial charge in [-0.25, -0.2) is 4.79 Å². The molecule has 1 aromatic rings. The number of ketones is 2. The summed E-state index contributed by atoms with van der Waals surface area (Å²) in [6.45, 7) is 9.37. The standard InChI is InChI=1S/C33H51BrN4O7/c1-22(2)29(38-28(41)13-9-7-6-8-12-26(39)20-34)27(40)19-24(11-10-18-36-32(35)44)30(42)37-25-16-14-23(15-17-25)21-45-31(43)33(3,4)5/h14-17,22,24,29H,6-13,18-21H2,1-5H3,(H,37,42)(H,38,41)(H3,35,36,44)/t24-,29+/m1/s1. The Hall–Kier alpha value is -3.28. The molecule has 11 nitrogen and oxygen atoms in total. The van der Waals surface area contributed by atoms with Crippen LogP contribution in [0.15, 0.2) is 24.3 Å². The van der Waals surface area contributed by atoms with E-state index in [4.69, 9.17) is 10.5 Å². The number of esters is 1. The van der Waals surface area contributed by atoms with Crippen molar-refractivity contribution >= 4 is 57.0 Å². The van der Waals surface area contributed by atoms with Gasteiger partial charge >= 0.3 is 12.0 Å². The minimum atomic E-state index is -0.747. The smallest absolute Gasteiger partial charge is 0.312 e. The third-order valence-corrected chi connectivity index (χ3v) is 7.76. The van der Waals surface area contributed by atoms with E-state index in [-0.39, 0.29) is 61.3 Å². The average Bonchev–Trinajstić information content (AvgIpc) is 2.97. The quantitative estimate of drug-likeness (QED) is 0.0779. The van der Waals surface area contributed by atoms with Gasteiger partial charge in [-0.15, -0.1) is 0 Å². The number of urea groups is 1. The molecule has 0 aliphatic carbocycles. The van der Waals surface area contributed by atoms with Gasteiger partial charge in [-0.05, 0) is 70.1 Å². The van der Waals surface area contributed by atoms with Crippen LogP contribution in [0.5, 0.6) is 0 Å². The Morgan fingerprint density at radius 2 is 1.53 bits per heavy atom. The maximum absolute atomic E-state index is 13.4. The molecule has 0 aromatic heterocycles. The van der Waals surface area contributed by atoms with Crippen LogP contribution in [0.25, 0.3) is 0 Å². The van der Waals surface area contributed by atoms with Gasteiger partial charge in [0, 0.05) is 37.4 Å². The summed E-state index contributed by atoms with van der Waals surface area (Å²) in [4.78, 5) is 73.9. The summed E-state index contributed by atoms with van der Waals surface area (Å²) in [5.41, 5.74) is 5.82. The highest BCUT2D eigenvalue weighted by molar-refractivity contribution is 9.09. The van der Waals surface area contributed by atoms with Gasteiger partial charge in [-0.1, -0.05) is 54.8 Å². The number of nitrogens with one attached hydrogen (secondary N) is 3. The summed E-state index contributed by atoms with van der Waals surface area (Å²) in [6.07, 6.45) is 4.56. The Labute approximate surface area is 275 Å². The number of unbranched alkanes of at least 4 members (excludes halogenated alkanes) is 3. The van der Waals surface area contributed by atoms with Crippen LogP contribution in [0, 0.1) is 17.3 Å². The highest BCUT2D eigenvalue weighted by Gasteiger charge is 2.29. The van der Waals surface area contributed by atoms with Crippen molar-refractivity contribution in [2.75, 3.05) is 17.2 Å². The molecule has 0 bridgehead atoms. The number of alkyl halides is 1. The fourth-order valence-corrected chi connectivity index (χ4v) is 4.72. The Morgan fingerprint density at radius 3 is 2.09 bits per heavy atom. The molecule has 0 radical (unpaired) electrons. The molecule has 0 heterocycles. The molecule has 0 saturated carbocycles. The summed E-state index contributed by atoms with van der Waals surface area (Å²) in [5, 5.41) is 8.57. The van der Waals surface area contributed by atoms with Crippen LogP contribution >= 0.6 is 15.9 Å². The highest BCUT2D eigenvalue weighted by atomic mass is 79.9. The average molecular weight is 696 g/mol. The monoisotopic (exact) mass is 694 g/mol. The number of carbonyl (C=O) groups excluding carboxylic acids is 6. The van der Waals surface area contributed by atoms with Gasteiger partial charge in [0.25, 0.3) is 0 Å². The second-order valence-electron chi connectivity index (χ2n) is 12.7. The third-order valence-electron chi connectivity index (χ3n) is 7.14. The van der Waals surface area contributed by atoms with Crippen molar-refractivity contribution in [3.63, 3.8) is 0 Å². The molecule has 1 aromatic carbocycles. The van der Waals surface area contributed by atoms with Gasteiger partial charge in [0.05, 0.1) is 16.8 Å². The first kappa shape index (κ1) is 39.7. The molecule has 0 spiro atoms. The number of ether oxygens (including phenoxy) is 1. The van der Waals surface area contributed by atoms with Gasteiger partial charge in [0.2, 0.25) is 11.8 Å². The molecule has 12 heteroatoms. The Bertz CT molecular complexity index is 1130. The number of benzene rings is 1. The normalized spacial score (nSPS) is 12.6. The first-order valence-corrected chi connectivity index (χ1v) is 16.8. The number of Topliss-reactive ketones (excluding diaryl/α,β-unsaturated/α-hetero) is 2. The van der Waals surface area contributed by atoms with E-state index in [0.717, 1.165) is 24.8 Å². The number of halogens is 1. The summed E-state index contributed by atoms with van der Waals surface area (Å²) < 4.78 is 5.34. The lowest BCUT2D eigenvalue weighted by molar-refractivity contribution is -0.154. The second-order valence-corrected chi connectivity index (χ2v) is 13.2. The summed E-state index contributed by atoms with van der Waals surface area (Å²) in [7, 11) is 0. The Morgan fingerprint density at radius 1 is 0.911 bits per heavy atom. The molecule has 0 unspecified atom stereocenters. The summed E-state index contributed by atoms with van der Waals surface area (Å²) in [6, 6.07) is 5.47. The predicted molar refractivity (Wildman–Crippen MR) is 178 cm³/mol. The van der Waals surface area contributed by atoms with E-state index in [2.05, 4.69) is 31.9 Å². The third kappa shape index (κ3) is 17.1. The lowest BCUT2D eigenvalue weighted by atomic mass is 9.89. The molecule has 45 heavy (non-hydrogen) atoms. The van der Waals surface area contributed by atoms with Gasteiger partial charge in [0.1, 0.15) is 12.4 Å². The number of nitrogens with two attached hydrogens (primary N) is 1. The van der Waals surface area contributed by atoms with Gasteiger partial charge < -0.3 is 26.4 Å². The van der Waals surface area contributed by atoms with Crippen LogP contribution in [-0.4, -0.2) is 53.3 Å². The fourth-order valence-electron chi connectivity index (χ4n) is 4.44. The van der Waals surface area contributed by atoms with Gasteiger partial charge in [-0.2, -0.15) is 0 Å². The van der Waals surface area contributed by atoms with E-state index in [1.807, 2.05) is 13.8 Å². The number of hydrogen-bond donors (Lipinski definition) is 4. The largest absolute Gasteiger partial charge is 0.460 e. The number of hydrogen-bond acceptors (Lipinski definition) is 7. The minimum Gasteiger partial charge on any atom is -0.460 e. The van der Waals surface area contributed by atoms with Crippen LogP contribution in [0.4, 0.5) is 10.5 Å². The van der Waals surface area contributed by atoms with E-state index in [1.165, 1.54) is 0 Å². The second kappa shape index (κ2) is 20.7. The summed E-state index contributed by atoms with van der Waals surface area (Å²) in [5.74, 6) is -1.87. The van der Waals surface area contributed by atoms with Crippen molar-refractivity contribution in [3.8, 4) is 0 Å². The van der Waals surface area contributed by atoms with Crippen molar-refractivity contribution < 1.29 is 33.5 Å². The van der Waals surface area contributed by atoms with Crippen molar-refractivity contribution in [1.82, 2.24) is 10.6 Å².